The van der Waals surface area contributed by atoms with Gasteiger partial charge in [0.05, 0.1) is 17.1 Å². The van der Waals surface area contributed by atoms with E-state index in [4.69, 9.17) is 5.73 Å². The predicted molar refractivity (Wildman–Crippen MR) is 71.1 cm³/mol. The molecule has 18 heavy (non-hydrogen) atoms. The van der Waals surface area contributed by atoms with Crippen LogP contribution in [0.2, 0.25) is 0 Å². The monoisotopic (exact) mass is 250 g/mol. The van der Waals surface area contributed by atoms with Crippen LogP contribution in [0.5, 0.6) is 0 Å². The Morgan fingerprint density at radius 3 is 2.78 bits per heavy atom. The summed E-state index contributed by atoms with van der Waals surface area (Å²) in [7, 11) is 0. The average Bonchev–Trinajstić information content (AvgIpc) is 2.57. The number of nitrogen functional groups attached to an aromatic ring is 1. The standard InChI is InChI=1S/C13H22N4O/c1-9-5-4-6-16(7-9)12(18)8-17-11(3)13(14)10(2)15-17/h9H,4-8,14H2,1-3H3. The van der Waals surface area contributed by atoms with Crippen molar-refractivity contribution in [3.05, 3.63) is 11.4 Å². The molecule has 1 unspecified atom stereocenters. The van der Waals surface area contributed by atoms with E-state index in [1.807, 2.05) is 18.7 Å². The highest BCUT2D eigenvalue weighted by Gasteiger charge is 2.22. The van der Waals surface area contributed by atoms with Crippen molar-refractivity contribution >= 4 is 11.6 Å². The van der Waals surface area contributed by atoms with Crippen LogP contribution in [-0.4, -0.2) is 33.7 Å². The number of amides is 1. The van der Waals surface area contributed by atoms with Crippen molar-refractivity contribution in [2.24, 2.45) is 5.92 Å². The second-order valence-corrected chi connectivity index (χ2v) is 5.33. The van der Waals surface area contributed by atoms with Crippen LogP contribution in [0.15, 0.2) is 0 Å². The van der Waals surface area contributed by atoms with E-state index in [9.17, 15) is 4.79 Å². The van der Waals surface area contributed by atoms with Gasteiger partial charge in [-0.1, -0.05) is 6.92 Å². The summed E-state index contributed by atoms with van der Waals surface area (Å²) in [6, 6.07) is 0. The summed E-state index contributed by atoms with van der Waals surface area (Å²) in [5, 5.41) is 4.31. The maximum atomic E-state index is 12.2. The molecule has 0 radical (unpaired) electrons. The minimum absolute atomic E-state index is 0.146. The molecule has 2 N–H and O–H groups in total. The Morgan fingerprint density at radius 1 is 1.50 bits per heavy atom. The molecule has 0 spiro atoms. The topological polar surface area (TPSA) is 64.2 Å². The minimum atomic E-state index is 0.146. The summed E-state index contributed by atoms with van der Waals surface area (Å²) in [6.07, 6.45) is 2.32. The normalized spacial score (nSPS) is 20.2. The van der Waals surface area contributed by atoms with Crippen molar-refractivity contribution in [2.45, 2.75) is 40.2 Å². The van der Waals surface area contributed by atoms with Crippen LogP contribution in [0, 0.1) is 19.8 Å². The van der Waals surface area contributed by atoms with E-state index in [1.165, 1.54) is 6.42 Å². The van der Waals surface area contributed by atoms with Crippen LogP contribution in [0.1, 0.15) is 31.2 Å². The molecular weight excluding hydrogens is 228 g/mol. The van der Waals surface area contributed by atoms with Crippen molar-refractivity contribution in [3.8, 4) is 0 Å². The average molecular weight is 250 g/mol. The SMILES string of the molecule is Cc1nn(CC(=O)N2CCCC(C)C2)c(C)c1N. The number of hydrogen-bond acceptors (Lipinski definition) is 3. The molecule has 1 aliphatic heterocycles. The summed E-state index contributed by atoms with van der Waals surface area (Å²) in [4.78, 5) is 14.2. The molecule has 1 atom stereocenters. The number of nitrogens with zero attached hydrogens (tertiary/aromatic N) is 3. The number of piperidine rings is 1. The van der Waals surface area contributed by atoms with Gasteiger partial charge in [-0.2, -0.15) is 5.10 Å². The number of carbonyl (C=O) groups is 1. The van der Waals surface area contributed by atoms with Crippen LogP contribution in [0.25, 0.3) is 0 Å². The zero-order chi connectivity index (χ0) is 13.3. The highest BCUT2D eigenvalue weighted by molar-refractivity contribution is 5.76. The third-order valence-corrected chi connectivity index (χ3v) is 3.73. The molecule has 1 aliphatic rings. The zero-order valence-electron chi connectivity index (χ0n) is 11.4. The van der Waals surface area contributed by atoms with Gasteiger partial charge in [0.15, 0.2) is 0 Å². The first kappa shape index (κ1) is 12.9. The number of anilines is 1. The second-order valence-electron chi connectivity index (χ2n) is 5.33. The van der Waals surface area contributed by atoms with Crippen LogP contribution < -0.4 is 5.73 Å². The summed E-state index contributed by atoms with van der Waals surface area (Å²) < 4.78 is 1.71. The first-order chi connectivity index (χ1) is 8.49. The smallest absolute Gasteiger partial charge is 0.244 e. The second kappa shape index (κ2) is 5.00. The minimum Gasteiger partial charge on any atom is -0.396 e. The Hall–Kier alpha value is -1.52. The molecule has 0 aromatic carbocycles. The van der Waals surface area contributed by atoms with Crippen molar-refractivity contribution < 1.29 is 4.79 Å². The number of likely N-dealkylation sites (tertiary alicyclic amines) is 1. The number of aromatic nitrogens is 2. The first-order valence-corrected chi connectivity index (χ1v) is 6.56. The lowest BCUT2D eigenvalue weighted by atomic mass is 10.0. The molecule has 2 heterocycles. The van der Waals surface area contributed by atoms with Crippen LogP contribution in [0.4, 0.5) is 5.69 Å². The Kier molecular flexibility index (Phi) is 3.59. The van der Waals surface area contributed by atoms with Crippen molar-refractivity contribution in [1.82, 2.24) is 14.7 Å². The molecule has 1 amide bonds. The Morgan fingerprint density at radius 2 is 2.22 bits per heavy atom. The molecule has 1 aromatic rings. The molecule has 0 bridgehead atoms. The van der Waals surface area contributed by atoms with Gasteiger partial charge in [0.25, 0.3) is 0 Å². The van der Waals surface area contributed by atoms with Gasteiger partial charge in [0.1, 0.15) is 6.54 Å². The van der Waals surface area contributed by atoms with Crippen molar-refractivity contribution in [3.63, 3.8) is 0 Å². The highest BCUT2D eigenvalue weighted by Crippen LogP contribution is 2.18. The lowest BCUT2D eigenvalue weighted by molar-refractivity contribution is -0.133. The van der Waals surface area contributed by atoms with Gasteiger partial charge in [-0.15, -0.1) is 0 Å². The van der Waals surface area contributed by atoms with Crippen LogP contribution in [0.3, 0.4) is 0 Å². The molecule has 1 fully saturated rings. The molecule has 5 heteroatoms. The summed E-state index contributed by atoms with van der Waals surface area (Å²) in [6.45, 7) is 8.01. The van der Waals surface area contributed by atoms with Crippen LogP contribution >= 0.6 is 0 Å². The van der Waals surface area contributed by atoms with Crippen LogP contribution in [-0.2, 0) is 11.3 Å². The van der Waals surface area contributed by atoms with Gasteiger partial charge in [0.2, 0.25) is 5.91 Å². The molecule has 1 aromatic heterocycles. The van der Waals surface area contributed by atoms with E-state index in [0.29, 0.717) is 18.2 Å². The largest absolute Gasteiger partial charge is 0.396 e. The molecule has 0 saturated carbocycles. The molecule has 1 saturated heterocycles. The summed E-state index contributed by atoms with van der Waals surface area (Å²) >= 11 is 0. The lowest BCUT2D eigenvalue weighted by Gasteiger charge is -2.31. The number of hydrogen-bond donors (Lipinski definition) is 1. The van der Waals surface area contributed by atoms with E-state index in [2.05, 4.69) is 12.0 Å². The number of rotatable bonds is 2. The molecule has 5 nitrogen and oxygen atoms in total. The third kappa shape index (κ3) is 2.49. The van der Waals surface area contributed by atoms with Gasteiger partial charge in [0, 0.05) is 13.1 Å². The third-order valence-electron chi connectivity index (χ3n) is 3.73. The number of carbonyl (C=O) groups excluding carboxylic acids is 1. The van der Waals surface area contributed by atoms with Gasteiger partial charge in [-0.3, -0.25) is 9.48 Å². The van der Waals surface area contributed by atoms with Crippen molar-refractivity contribution in [1.29, 1.82) is 0 Å². The van der Waals surface area contributed by atoms with E-state index < -0.39 is 0 Å². The fraction of sp³-hybridized carbons (Fsp3) is 0.692. The Balaban J connectivity index is 2.04. The van der Waals surface area contributed by atoms with E-state index in [1.54, 1.807) is 4.68 Å². The molecule has 2 rings (SSSR count). The highest BCUT2D eigenvalue weighted by atomic mass is 16.2. The van der Waals surface area contributed by atoms with Gasteiger partial charge in [-0.25, -0.2) is 0 Å². The maximum absolute atomic E-state index is 12.2. The van der Waals surface area contributed by atoms with Gasteiger partial charge >= 0.3 is 0 Å². The summed E-state index contributed by atoms with van der Waals surface area (Å²) in [5.41, 5.74) is 8.24. The maximum Gasteiger partial charge on any atom is 0.244 e. The van der Waals surface area contributed by atoms with Gasteiger partial charge in [-0.05, 0) is 32.6 Å². The summed E-state index contributed by atoms with van der Waals surface area (Å²) in [5.74, 6) is 0.750. The van der Waals surface area contributed by atoms with Crippen molar-refractivity contribution in [2.75, 3.05) is 18.8 Å². The van der Waals surface area contributed by atoms with Gasteiger partial charge < -0.3 is 10.6 Å². The fourth-order valence-corrected chi connectivity index (χ4v) is 2.51. The fourth-order valence-electron chi connectivity index (χ4n) is 2.51. The van der Waals surface area contributed by atoms with E-state index in [-0.39, 0.29) is 5.91 Å². The molecule has 0 aliphatic carbocycles. The quantitative estimate of drug-likeness (QED) is 0.861. The Labute approximate surface area is 108 Å². The molecule has 100 valence electrons. The predicted octanol–water partition coefficient (Wildman–Crippen LogP) is 1.34. The number of aryl methyl sites for hydroxylation is 1. The van der Waals surface area contributed by atoms with E-state index >= 15 is 0 Å². The lowest BCUT2D eigenvalue weighted by Crippen LogP contribution is -2.41. The molecular formula is C13H22N4O. The first-order valence-electron chi connectivity index (χ1n) is 6.56. The zero-order valence-corrected chi connectivity index (χ0v) is 11.4. The van der Waals surface area contributed by atoms with E-state index in [0.717, 1.165) is 30.9 Å². The Bertz CT molecular complexity index is 452. The number of nitrogens with two attached hydrogens (primary N) is 1.